The fraction of sp³-hybridized carbons (Fsp3) is 1.00. The van der Waals surface area contributed by atoms with Crippen LogP contribution in [0.2, 0.25) is 0 Å². The molecule has 2 rings (SSSR count). The molecule has 3 heteroatoms. The lowest BCUT2D eigenvalue weighted by molar-refractivity contribution is -0.0355. The Morgan fingerprint density at radius 2 is 2.25 bits per heavy atom. The van der Waals surface area contributed by atoms with Gasteiger partial charge in [-0.3, -0.25) is 0 Å². The Morgan fingerprint density at radius 1 is 1.58 bits per heavy atom. The van der Waals surface area contributed by atoms with Crippen LogP contribution in [-0.4, -0.2) is 30.0 Å². The summed E-state index contributed by atoms with van der Waals surface area (Å²) in [6.07, 6.45) is 3.08. The van der Waals surface area contributed by atoms with Crippen molar-refractivity contribution in [2.75, 3.05) is 13.2 Å². The molecule has 70 valence electrons. The van der Waals surface area contributed by atoms with E-state index in [1.165, 1.54) is 0 Å². The lowest BCUT2D eigenvalue weighted by atomic mass is 9.82. The molecule has 0 bridgehead atoms. The van der Waals surface area contributed by atoms with Gasteiger partial charge in [0.2, 0.25) is 0 Å². The normalized spacial score (nSPS) is 44.8. The first-order valence-corrected chi connectivity index (χ1v) is 4.66. The standard InChI is InChI=1S/C9H17NO2/c1-7-4-9(11,6-12-7)8(5-10)2-3-8/h7,11H,2-6,10H2,1H3. The summed E-state index contributed by atoms with van der Waals surface area (Å²) in [5.41, 5.74) is 5.04. The summed E-state index contributed by atoms with van der Waals surface area (Å²) < 4.78 is 5.39. The molecule has 0 aromatic rings. The number of hydrogen-bond donors (Lipinski definition) is 2. The second-order valence-electron chi connectivity index (χ2n) is 4.34. The smallest absolute Gasteiger partial charge is 0.0972 e. The maximum Gasteiger partial charge on any atom is 0.0972 e. The molecule has 3 N–H and O–H groups in total. The first-order valence-electron chi connectivity index (χ1n) is 4.66. The van der Waals surface area contributed by atoms with Gasteiger partial charge in [0.25, 0.3) is 0 Å². The van der Waals surface area contributed by atoms with Crippen molar-refractivity contribution < 1.29 is 9.84 Å². The van der Waals surface area contributed by atoms with Crippen LogP contribution in [0.5, 0.6) is 0 Å². The van der Waals surface area contributed by atoms with Crippen LogP contribution < -0.4 is 5.73 Å². The predicted octanol–water partition coefficient (Wildman–Crippen LogP) is 0.265. The van der Waals surface area contributed by atoms with Crippen LogP contribution in [0.1, 0.15) is 26.2 Å². The average molecular weight is 171 g/mol. The molecule has 3 nitrogen and oxygen atoms in total. The Hall–Kier alpha value is -0.120. The van der Waals surface area contributed by atoms with Gasteiger partial charge in [0.1, 0.15) is 0 Å². The van der Waals surface area contributed by atoms with E-state index in [4.69, 9.17) is 10.5 Å². The Labute approximate surface area is 72.9 Å². The van der Waals surface area contributed by atoms with Crippen molar-refractivity contribution in [1.29, 1.82) is 0 Å². The van der Waals surface area contributed by atoms with Crippen molar-refractivity contribution in [2.24, 2.45) is 11.1 Å². The molecule has 0 spiro atoms. The zero-order valence-corrected chi connectivity index (χ0v) is 7.55. The average Bonchev–Trinajstić information content (AvgIpc) is 2.76. The van der Waals surface area contributed by atoms with Crippen molar-refractivity contribution in [3.05, 3.63) is 0 Å². The lowest BCUT2D eigenvalue weighted by Gasteiger charge is -2.30. The molecule has 12 heavy (non-hydrogen) atoms. The number of nitrogens with two attached hydrogens (primary N) is 1. The van der Waals surface area contributed by atoms with E-state index in [1.807, 2.05) is 6.92 Å². The molecule has 0 aromatic carbocycles. The molecule has 1 aliphatic heterocycles. The van der Waals surface area contributed by atoms with Gasteiger partial charge in [-0.05, 0) is 19.8 Å². The molecule has 0 aromatic heterocycles. The monoisotopic (exact) mass is 171 g/mol. The second-order valence-corrected chi connectivity index (χ2v) is 4.34. The van der Waals surface area contributed by atoms with Crippen molar-refractivity contribution in [3.8, 4) is 0 Å². The summed E-state index contributed by atoms with van der Waals surface area (Å²) in [5, 5.41) is 10.2. The number of aliphatic hydroxyl groups is 1. The van der Waals surface area contributed by atoms with E-state index in [1.54, 1.807) is 0 Å². The molecule has 1 aliphatic carbocycles. The van der Waals surface area contributed by atoms with Gasteiger partial charge >= 0.3 is 0 Å². The van der Waals surface area contributed by atoms with Crippen LogP contribution >= 0.6 is 0 Å². The van der Waals surface area contributed by atoms with Crippen molar-refractivity contribution in [2.45, 2.75) is 37.9 Å². The van der Waals surface area contributed by atoms with Crippen LogP contribution in [0.3, 0.4) is 0 Å². The Balaban J connectivity index is 2.11. The Kier molecular flexibility index (Phi) is 1.72. The summed E-state index contributed by atoms with van der Waals surface area (Å²) >= 11 is 0. The second kappa shape index (κ2) is 2.44. The molecule has 2 fully saturated rings. The first-order chi connectivity index (χ1) is 5.62. The van der Waals surface area contributed by atoms with Gasteiger partial charge in [-0.15, -0.1) is 0 Å². The van der Waals surface area contributed by atoms with Crippen molar-refractivity contribution >= 4 is 0 Å². The zero-order chi connectivity index (χ0) is 8.82. The number of hydrogen-bond acceptors (Lipinski definition) is 3. The van der Waals surface area contributed by atoms with E-state index in [-0.39, 0.29) is 11.5 Å². The van der Waals surface area contributed by atoms with Gasteiger partial charge in [0.05, 0.1) is 18.3 Å². The van der Waals surface area contributed by atoms with Crippen LogP contribution in [0.25, 0.3) is 0 Å². The molecule has 0 radical (unpaired) electrons. The first kappa shape index (κ1) is 8.48. The molecule has 0 amide bonds. The maximum atomic E-state index is 10.2. The predicted molar refractivity (Wildman–Crippen MR) is 45.7 cm³/mol. The van der Waals surface area contributed by atoms with E-state index in [9.17, 15) is 5.11 Å². The van der Waals surface area contributed by atoms with Crippen LogP contribution in [0, 0.1) is 5.41 Å². The number of rotatable bonds is 2. The molecule has 2 unspecified atom stereocenters. The third-order valence-electron chi connectivity index (χ3n) is 3.46. The van der Waals surface area contributed by atoms with Crippen LogP contribution in [-0.2, 0) is 4.74 Å². The molecular formula is C9H17NO2. The van der Waals surface area contributed by atoms with Gasteiger partial charge in [0.15, 0.2) is 0 Å². The fourth-order valence-electron chi connectivity index (χ4n) is 2.25. The third-order valence-corrected chi connectivity index (χ3v) is 3.46. The molecule has 2 atom stereocenters. The summed E-state index contributed by atoms with van der Waals surface area (Å²) in [5.74, 6) is 0. The summed E-state index contributed by atoms with van der Waals surface area (Å²) in [6, 6.07) is 0. The topological polar surface area (TPSA) is 55.5 Å². The summed E-state index contributed by atoms with van der Waals surface area (Å²) in [4.78, 5) is 0. The quantitative estimate of drug-likeness (QED) is 0.627. The minimum absolute atomic E-state index is 0.00222. The van der Waals surface area contributed by atoms with Gasteiger partial charge in [-0.2, -0.15) is 0 Å². The highest BCUT2D eigenvalue weighted by Gasteiger charge is 2.60. The van der Waals surface area contributed by atoms with E-state index in [2.05, 4.69) is 0 Å². The minimum atomic E-state index is -0.624. The lowest BCUT2D eigenvalue weighted by Crippen LogP contribution is -2.44. The Bertz CT molecular complexity index is 191. The SMILES string of the molecule is CC1CC(O)(C2(CN)CC2)CO1. The van der Waals surface area contributed by atoms with Crippen molar-refractivity contribution in [3.63, 3.8) is 0 Å². The maximum absolute atomic E-state index is 10.2. The van der Waals surface area contributed by atoms with Crippen molar-refractivity contribution in [1.82, 2.24) is 0 Å². The molecule has 2 aliphatic rings. The highest BCUT2D eigenvalue weighted by Crippen LogP contribution is 2.56. The zero-order valence-electron chi connectivity index (χ0n) is 7.55. The highest BCUT2D eigenvalue weighted by molar-refractivity contribution is 5.11. The third kappa shape index (κ3) is 1.00. The van der Waals surface area contributed by atoms with Gasteiger partial charge in [-0.1, -0.05) is 0 Å². The van der Waals surface area contributed by atoms with E-state index < -0.39 is 5.60 Å². The fourth-order valence-corrected chi connectivity index (χ4v) is 2.25. The number of ether oxygens (including phenoxy) is 1. The van der Waals surface area contributed by atoms with E-state index in [0.29, 0.717) is 13.2 Å². The van der Waals surface area contributed by atoms with Crippen LogP contribution in [0.15, 0.2) is 0 Å². The van der Waals surface area contributed by atoms with Crippen LogP contribution in [0.4, 0.5) is 0 Å². The highest BCUT2D eigenvalue weighted by atomic mass is 16.5. The Morgan fingerprint density at radius 3 is 2.58 bits per heavy atom. The molecular weight excluding hydrogens is 154 g/mol. The summed E-state index contributed by atoms with van der Waals surface area (Å²) in [7, 11) is 0. The molecule has 1 saturated carbocycles. The molecule has 1 heterocycles. The molecule has 1 saturated heterocycles. The summed E-state index contributed by atoms with van der Waals surface area (Å²) in [6.45, 7) is 3.08. The van der Waals surface area contributed by atoms with E-state index >= 15 is 0 Å². The van der Waals surface area contributed by atoms with Gasteiger partial charge < -0.3 is 15.6 Å². The largest absolute Gasteiger partial charge is 0.387 e. The van der Waals surface area contributed by atoms with E-state index in [0.717, 1.165) is 19.3 Å². The minimum Gasteiger partial charge on any atom is -0.387 e. The van der Waals surface area contributed by atoms with Gasteiger partial charge in [-0.25, -0.2) is 0 Å². The van der Waals surface area contributed by atoms with Gasteiger partial charge in [0, 0.05) is 18.4 Å².